The Morgan fingerprint density at radius 2 is 2.08 bits per heavy atom. The molecular weight excluding hydrogens is 213 g/mol. The molecule has 0 spiro atoms. The summed E-state index contributed by atoms with van der Waals surface area (Å²) >= 11 is 0. The van der Waals surface area contributed by atoms with Gasteiger partial charge in [0.2, 0.25) is 12.3 Å². The first-order valence-electron chi connectivity index (χ1n) is 3.13. The van der Waals surface area contributed by atoms with Gasteiger partial charge in [-0.05, 0) is 12.1 Å². The monoisotopic (exact) mass is 219 g/mol. The maximum atomic E-state index is 4.96. The van der Waals surface area contributed by atoms with Gasteiger partial charge < -0.3 is 4.42 Å². The Hall–Kier alpha value is -1.13. The van der Waals surface area contributed by atoms with Gasteiger partial charge in [-0.3, -0.25) is 4.98 Å². The number of hydrogen-bond donors (Lipinski definition) is 0. The zero-order chi connectivity index (χ0) is 7.52. The van der Waals surface area contributed by atoms with Crippen molar-refractivity contribution in [1.82, 2.24) is 15.2 Å². The van der Waals surface area contributed by atoms with Gasteiger partial charge in [0.1, 0.15) is 0 Å². The third-order valence-electron chi connectivity index (χ3n) is 1.27. The molecule has 0 amide bonds. The first-order valence-corrected chi connectivity index (χ1v) is 3.13. The second kappa shape index (κ2) is 5.50. The van der Waals surface area contributed by atoms with Gasteiger partial charge in [0.25, 0.3) is 0 Å². The number of hydrogen-bond acceptors (Lipinski definition) is 4. The molecule has 0 atom stereocenters. The van der Waals surface area contributed by atoms with Gasteiger partial charge in [-0.1, -0.05) is 0 Å². The van der Waals surface area contributed by atoms with Crippen LogP contribution in [-0.4, -0.2) is 15.2 Å². The summed E-state index contributed by atoms with van der Waals surface area (Å²) in [4.78, 5) is 3.91. The van der Waals surface area contributed by atoms with Crippen molar-refractivity contribution >= 4 is 24.8 Å². The van der Waals surface area contributed by atoms with Crippen LogP contribution in [-0.2, 0) is 0 Å². The topological polar surface area (TPSA) is 51.8 Å². The third kappa shape index (κ3) is 2.68. The van der Waals surface area contributed by atoms with Crippen LogP contribution >= 0.6 is 24.8 Å². The molecule has 0 N–H and O–H groups in total. The predicted octanol–water partition coefficient (Wildman–Crippen LogP) is 1.98. The van der Waals surface area contributed by atoms with Crippen molar-refractivity contribution in [3.05, 3.63) is 30.9 Å². The minimum Gasteiger partial charge on any atom is -0.423 e. The van der Waals surface area contributed by atoms with Gasteiger partial charge in [-0.25, -0.2) is 0 Å². The first-order chi connectivity index (χ1) is 5.47. The largest absolute Gasteiger partial charge is 0.423 e. The SMILES string of the molecule is Cl.Cl.c1cncc(-c2nnco2)c1. The Balaban J connectivity index is 0.000000720. The highest BCUT2D eigenvalue weighted by Gasteiger charge is 2.00. The fraction of sp³-hybridized carbons (Fsp3) is 0. The average Bonchev–Trinajstić information content (AvgIpc) is 2.58. The third-order valence-corrected chi connectivity index (χ3v) is 1.27. The van der Waals surface area contributed by atoms with Crippen molar-refractivity contribution in [2.24, 2.45) is 0 Å². The zero-order valence-corrected chi connectivity index (χ0v) is 8.09. The number of pyridine rings is 1. The van der Waals surface area contributed by atoms with Gasteiger partial charge in [0, 0.05) is 12.4 Å². The maximum absolute atomic E-state index is 4.96. The number of rotatable bonds is 1. The van der Waals surface area contributed by atoms with Gasteiger partial charge in [-0.15, -0.1) is 35.0 Å². The minimum absolute atomic E-state index is 0. The van der Waals surface area contributed by atoms with Gasteiger partial charge in [-0.2, -0.15) is 0 Å². The van der Waals surface area contributed by atoms with Crippen molar-refractivity contribution < 1.29 is 4.42 Å². The number of aromatic nitrogens is 3. The van der Waals surface area contributed by atoms with Gasteiger partial charge in [0.05, 0.1) is 5.56 Å². The van der Waals surface area contributed by atoms with Crippen LogP contribution < -0.4 is 0 Å². The quantitative estimate of drug-likeness (QED) is 0.737. The summed E-state index contributed by atoms with van der Waals surface area (Å²) in [7, 11) is 0. The molecule has 0 radical (unpaired) electrons. The number of halogens is 2. The van der Waals surface area contributed by atoms with E-state index in [-0.39, 0.29) is 24.8 Å². The Morgan fingerprint density at radius 1 is 1.23 bits per heavy atom. The summed E-state index contributed by atoms with van der Waals surface area (Å²) in [6.45, 7) is 0. The summed E-state index contributed by atoms with van der Waals surface area (Å²) in [6.07, 6.45) is 4.66. The lowest BCUT2D eigenvalue weighted by atomic mass is 10.3. The summed E-state index contributed by atoms with van der Waals surface area (Å²) in [5, 5.41) is 7.28. The van der Waals surface area contributed by atoms with Crippen LogP contribution in [0.5, 0.6) is 0 Å². The van der Waals surface area contributed by atoms with Gasteiger partial charge in [0.15, 0.2) is 0 Å². The molecule has 4 nitrogen and oxygen atoms in total. The van der Waals surface area contributed by atoms with E-state index in [0.29, 0.717) is 5.89 Å². The molecule has 0 aliphatic heterocycles. The van der Waals surface area contributed by atoms with E-state index in [1.165, 1.54) is 6.39 Å². The fourth-order valence-electron chi connectivity index (χ4n) is 0.788. The van der Waals surface area contributed by atoms with Crippen LogP contribution in [0.3, 0.4) is 0 Å². The van der Waals surface area contributed by atoms with Crippen LogP contribution in [0.1, 0.15) is 0 Å². The van der Waals surface area contributed by atoms with E-state index in [1.807, 2.05) is 12.1 Å². The van der Waals surface area contributed by atoms with Crippen LogP contribution in [0.2, 0.25) is 0 Å². The maximum Gasteiger partial charge on any atom is 0.248 e. The molecule has 0 saturated heterocycles. The van der Waals surface area contributed by atoms with E-state index in [1.54, 1.807) is 12.4 Å². The lowest BCUT2D eigenvalue weighted by Crippen LogP contribution is -1.77. The second-order valence-corrected chi connectivity index (χ2v) is 1.99. The van der Waals surface area contributed by atoms with Crippen LogP contribution in [0, 0.1) is 0 Å². The fourth-order valence-corrected chi connectivity index (χ4v) is 0.788. The Kier molecular flexibility index (Phi) is 5.03. The number of nitrogens with zero attached hydrogens (tertiary/aromatic N) is 3. The smallest absolute Gasteiger partial charge is 0.248 e. The molecule has 0 fully saturated rings. The lowest BCUT2D eigenvalue weighted by molar-refractivity contribution is 0.568. The molecule has 0 aromatic carbocycles. The molecule has 2 aromatic rings. The molecule has 13 heavy (non-hydrogen) atoms. The van der Waals surface area contributed by atoms with Crippen molar-refractivity contribution in [3.8, 4) is 11.5 Å². The molecule has 6 heteroatoms. The van der Waals surface area contributed by atoms with E-state index in [2.05, 4.69) is 15.2 Å². The molecule has 0 aliphatic carbocycles. The highest BCUT2D eigenvalue weighted by Crippen LogP contribution is 2.12. The average molecular weight is 220 g/mol. The molecule has 2 rings (SSSR count). The Labute approximate surface area is 87.2 Å². The molecule has 2 aromatic heterocycles. The first kappa shape index (κ1) is 11.9. The van der Waals surface area contributed by atoms with E-state index in [0.717, 1.165) is 5.56 Å². The minimum atomic E-state index is 0. The summed E-state index contributed by atoms with van der Waals surface area (Å²) in [5.41, 5.74) is 0.838. The molecule has 0 bridgehead atoms. The summed E-state index contributed by atoms with van der Waals surface area (Å²) in [6, 6.07) is 3.68. The molecule has 2 heterocycles. The van der Waals surface area contributed by atoms with E-state index in [9.17, 15) is 0 Å². The molecule has 0 aliphatic rings. The normalized spacial score (nSPS) is 8.31. The summed E-state index contributed by atoms with van der Waals surface area (Å²) < 4.78 is 4.96. The predicted molar refractivity (Wildman–Crippen MR) is 52.0 cm³/mol. The van der Waals surface area contributed by atoms with Gasteiger partial charge >= 0.3 is 0 Å². The van der Waals surface area contributed by atoms with Crippen LogP contribution in [0.4, 0.5) is 0 Å². The van der Waals surface area contributed by atoms with Crippen LogP contribution in [0.25, 0.3) is 11.5 Å². The van der Waals surface area contributed by atoms with Crippen molar-refractivity contribution in [1.29, 1.82) is 0 Å². The van der Waals surface area contributed by atoms with E-state index in [4.69, 9.17) is 4.42 Å². The lowest BCUT2D eigenvalue weighted by Gasteiger charge is -1.89. The van der Waals surface area contributed by atoms with Crippen LogP contribution in [0.15, 0.2) is 35.3 Å². The molecule has 70 valence electrons. The van der Waals surface area contributed by atoms with E-state index >= 15 is 0 Å². The van der Waals surface area contributed by atoms with Crippen molar-refractivity contribution in [2.45, 2.75) is 0 Å². The highest BCUT2D eigenvalue weighted by molar-refractivity contribution is 5.85. The molecule has 0 saturated carbocycles. The standard InChI is InChI=1S/C7H5N3O.2ClH/c1-2-6(4-8-3-1)7-10-9-5-11-7;;/h1-5H;2*1H. The molecule has 0 unspecified atom stereocenters. The van der Waals surface area contributed by atoms with E-state index < -0.39 is 0 Å². The zero-order valence-electron chi connectivity index (χ0n) is 6.45. The summed E-state index contributed by atoms with van der Waals surface area (Å²) in [5.74, 6) is 0.498. The molecular formula is C7H7Cl2N3O. The van der Waals surface area contributed by atoms with Crippen molar-refractivity contribution in [2.75, 3.05) is 0 Å². The Morgan fingerprint density at radius 3 is 2.62 bits per heavy atom. The second-order valence-electron chi connectivity index (χ2n) is 1.99. The highest BCUT2D eigenvalue weighted by atomic mass is 35.5. The Bertz CT molecular complexity index is 325. The van der Waals surface area contributed by atoms with Crippen molar-refractivity contribution in [3.63, 3.8) is 0 Å².